The molecule has 1 aliphatic rings. The molecule has 2 aromatic carbocycles. The number of esters is 4. The van der Waals surface area contributed by atoms with Crippen molar-refractivity contribution in [2.24, 2.45) is 0 Å². The van der Waals surface area contributed by atoms with Gasteiger partial charge in [0, 0.05) is 43.8 Å². The minimum absolute atomic E-state index is 0.249. The molecule has 0 unspecified atom stereocenters. The standard InChI is InChI=1S/C28H27ClN2O11/c1-14(32)36-13-22-23(37-15(2)33)24(38-16(3)34)25(39-17(4)35)28(41-22)40-21-11-7-19(8-12-21)27-31-30-26(42-27)18-5-9-20(29)10-6-18/h5-12,22-25,28H,13H2,1-4H3/t22-,23-,24+,25-,28-/m1/s1. The predicted octanol–water partition coefficient (Wildman–Crippen LogP) is 3.52. The van der Waals surface area contributed by atoms with E-state index in [1.807, 2.05) is 0 Å². The van der Waals surface area contributed by atoms with Crippen molar-refractivity contribution in [3.05, 3.63) is 53.6 Å². The summed E-state index contributed by atoms with van der Waals surface area (Å²) in [6.07, 6.45) is -6.50. The molecule has 5 atom stereocenters. The maximum atomic E-state index is 12.0. The average Bonchev–Trinajstić information content (AvgIpc) is 3.41. The molecule has 0 bridgehead atoms. The molecule has 2 heterocycles. The molecule has 3 aromatic rings. The second-order valence-corrected chi connectivity index (χ2v) is 9.57. The van der Waals surface area contributed by atoms with Gasteiger partial charge in [-0.15, -0.1) is 10.2 Å². The Morgan fingerprint density at radius 3 is 1.74 bits per heavy atom. The van der Waals surface area contributed by atoms with Crippen molar-refractivity contribution in [2.75, 3.05) is 6.61 Å². The van der Waals surface area contributed by atoms with Crippen molar-refractivity contribution < 1.29 is 52.0 Å². The molecular formula is C28H27ClN2O11. The Hall–Kier alpha value is -4.49. The van der Waals surface area contributed by atoms with E-state index < -0.39 is 54.6 Å². The predicted molar refractivity (Wildman–Crippen MR) is 143 cm³/mol. The highest BCUT2D eigenvalue weighted by molar-refractivity contribution is 6.30. The highest BCUT2D eigenvalue weighted by Crippen LogP contribution is 2.32. The van der Waals surface area contributed by atoms with E-state index in [1.165, 1.54) is 6.92 Å². The van der Waals surface area contributed by atoms with Crippen LogP contribution in [-0.2, 0) is 42.9 Å². The quantitative estimate of drug-likeness (QED) is 0.258. The van der Waals surface area contributed by atoms with E-state index >= 15 is 0 Å². The number of aromatic nitrogens is 2. The van der Waals surface area contributed by atoms with Gasteiger partial charge >= 0.3 is 23.9 Å². The second kappa shape index (κ2) is 13.4. The Morgan fingerprint density at radius 1 is 0.714 bits per heavy atom. The van der Waals surface area contributed by atoms with E-state index in [0.717, 1.165) is 20.8 Å². The molecule has 0 radical (unpaired) electrons. The number of carbonyl (C=O) groups excluding carboxylic acids is 4. The van der Waals surface area contributed by atoms with Crippen LogP contribution in [0.2, 0.25) is 5.02 Å². The lowest BCUT2D eigenvalue weighted by Gasteiger charge is -2.43. The van der Waals surface area contributed by atoms with Crippen molar-refractivity contribution in [2.45, 2.75) is 58.4 Å². The number of hydrogen-bond acceptors (Lipinski definition) is 13. The summed E-state index contributed by atoms with van der Waals surface area (Å²) in [6.45, 7) is 4.23. The minimum atomic E-state index is -1.36. The molecular weight excluding hydrogens is 576 g/mol. The summed E-state index contributed by atoms with van der Waals surface area (Å²) in [6, 6.07) is 13.4. The molecule has 4 rings (SSSR count). The van der Waals surface area contributed by atoms with Gasteiger partial charge in [-0.1, -0.05) is 11.6 Å². The zero-order valence-electron chi connectivity index (χ0n) is 23.0. The van der Waals surface area contributed by atoms with E-state index in [2.05, 4.69) is 10.2 Å². The summed E-state index contributed by atoms with van der Waals surface area (Å²) in [5.41, 5.74) is 1.28. The number of hydrogen-bond donors (Lipinski definition) is 0. The molecule has 42 heavy (non-hydrogen) atoms. The fourth-order valence-electron chi connectivity index (χ4n) is 4.14. The Labute approximate surface area is 244 Å². The topological polar surface area (TPSA) is 163 Å². The zero-order chi connectivity index (χ0) is 30.4. The first-order chi connectivity index (χ1) is 20.0. The molecule has 1 fully saturated rings. The lowest BCUT2D eigenvalue weighted by atomic mass is 9.98. The van der Waals surface area contributed by atoms with Gasteiger partial charge in [0.15, 0.2) is 12.2 Å². The number of ether oxygens (including phenoxy) is 6. The Kier molecular flexibility index (Phi) is 9.76. The lowest BCUT2D eigenvalue weighted by Crippen LogP contribution is -2.63. The average molecular weight is 603 g/mol. The van der Waals surface area contributed by atoms with Crippen LogP contribution in [0.3, 0.4) is 0 Å². The van der Waals surface area contributed by atoms with Crippen LogP contribution in [0.4, 0.5) is 0 Å². The van der Waals surface area contributed by atoms with Crippen LogP contribution in [0.15, 0.2) is 52.9 Å². The van der Waals surface area contributed by atoms with Gasteiger partial charge < -0.3 is 32.8 Å². The van der Waals surface area contributed by atoms with E-state index in [-0.39, 0.29) is 18.2 Å². The SMILES string of the molecule is CC(=O)OC[C@H]1O[C@@H](Oc2ccc(-c3nnc(-c4ccc(Cl)cc4)o3)cc2)[C@H](OC(C)=O)[C@@H](OC(C)=O)[C@@H]1OC(C)=O. The lowest BCUT2D eigenvalue weighted by molar-refractivity contribution is -0.288. The monoisotopic (exact) mass is 602 g/mol. The van der Waals surface area contributed by atoms with Crippen LogP contribution in [0, 0.1) is 0 Å². The summed E-state index contributed by atoms with van der Waals surface area (Å²) in [5.74, 6) is -2.03. The molecule has 0 amide bonds. The normalized spacial score (nSPS) is 21.6. The van der Waals surface area contributed by atoms with Crippen LogP contribution in [0.25, 0.3) is 22.9 Å². The second-order valence-electron chi connectivity index (χ2n) is 9.13. The molecule has 222 valence electrons. The van der Waals surface area contributed by atoms with Crippen LogP contribution in [-0.4, -0.2) is 71.4 Å². The summed E-state index contributed by atoms with van der Waals surface area (Å²) >= 11 is 5.94. The van der Waals surface area contributed by atoms with Gasteiger partial charge in [0.2, 0.25) is 24.2 Å². The third-order valence-electron chi connectivity index (χ3n) is 5.82. The Bertz CT molecular complexity index is 1420. The maximum absolute atomic E-state index is 12.0. The highest BCUT2D eigenvalue weighted by atomic mass is 35.5. The highest BCUT2D eigenvalue weighted by Gasteiger charge is 2.53. The van der Waals surface area contributed by atoms with Crippen molar-refractivity contribution in [1.82, 2.24) is 10.2 Å². The summed E-state index contributed by atoms with van der Waals surface area (Å²) in [4.78, 5) is 47.4. The maximum Gasteiger partial charge on any atom is 0.303 e. The van der Waals surface area contributed by atoms with Crippen LogP contribution in [0.5, 0.6) is 5.75 Å². The van der Waals surface area contributed by atoms with E-state index in [0.29, 0.717) is 22.0 Å². The van der Waals surface area contributed by atoms with Gasteiger partial charge in [0.25, 0.3) is 0 Å². The number of nitrogens with zero attached hydrogens (tertiary/aromatic N) is 2. The smallest absolute Gasteiger partial charge is 0.303 e. The summed E-state index contributed by atoms with van der Waals surface area (Å²) in [5, 5.41) is 8.73. The molecule has 1 aliphatic heterocycles. The molecule has 14 heteroatoms. The van der Waals surface area contributed by atoms with E-state index in [9.17, 15) is 19.2 Å². The van der Waals surface area contributed by atoms with Crippen molar-refractivity contribution in [3.63, 3.8) is 0 Å². The number of carbonyl (C=O) groups is 4. The molecule has 1 aromatic heterocycles. The van der Waals surface area contributed by atoms with E-state index in [4.69, 9.17) is 44.4 Å². The van der Waals surface area contributed by atoms with Gasteiger partial charge in [-0.05, 0) is 48.5 Å². The summed E-state index contributed by atoms with van der Waals surface area (Å²) in [7, 11) is 0. The van der Waals surface area contributed by atoms with Crippen molar-refractivity contribution in [1.29, 1.82) is 0 Å². The first-order valence-corrected chi connectivity index (χ1v) is 13.0. The Balaban J connectivity index is 1.59. The van der Waals surface area contributed by atoms with Gasteiger partial charge in [-0.25, -0.2) is 0 Å². The largest absolute Gasteiger partial charge is 0.463 e. The third kappa shape index (κ3) is 7.83. The van der Waals surface area contributed by atoms with Gasteiger partial charge in [-0.2, -0.15) is 0 Å². The van der Waals surface area contributed by atoms with Crippen molar-refractivity contribution >= 4 is 35.5 Å². The van der Waals surface area contributed by atoms with Gasteiger partial charge in [-0.3, -0.25) is 19.2 Å². The van der Waals surface area contributed by atoms with Crippen LogP contribution < -0.4 is 4.74 Å². The van der Waals surface area contributed by atoms with Gasteiger partial charge in [0.05, 0.1) is 0 Å². The number of halogens is 1. The third-order valence-corrected chi connectivity index (χ3v) is 6.07. The summed E-state index contributed by atoms with van der Waals surface area (Å²) < 4.78 is 39.0. The molecule has 1 saturated heterocycles. The first-order valence-electron chi connectivity index (χ1n) is 12.7. The van der Waals surface area contributed by atoms with Crippen LogP contribution >= 0.6 is 11.6 Å². The number of benzene rings is 2. The van der Waals surface area contributed by atoms with Crippen molar-refractivity contribution in [3.8, 4) is 28.7 Å². The fourth-order valence-corrected chi connectivity index (χ4v) is 4.27. The molecule has 13 nitrogen and oxygen atoms in total. The molecule has 0 aliphatic carbocycles. The molecule has 0 spiro atoms. The first kappa shape index (κ1) is 30.5. The molecule has 0 N–H and O–H groups in total. The van der Waals surface area contributed by atoms with Crippen LogP contribution in [0.1, 0.15) is 27.7 Å². The minimum Gasteiger partial charge on any atom is -0.463 e. The van der Waals surface area contributed by atoms with Gasteiger partial charge in [0.1, 0.15) is 18.5 Å². The molecule has 0 saturated carbocycles. The Morgan fingerprint density at radius 2 is 1.21 bits per heavy atom. The fraction of sp³-hybridized carbons (Fsp3) is 0.357. The van der Waals surface area contributed by atoms with E-state index in [1.54, 1.807) is 48.5 Å². The zero-order valence-corrected chi connectivity index (χ0v) is 23.7. The number of rotatable bonds is 9.